The van der Waals surface area contributed by atoms with E-state index in [1.54, 1.807) is 11.7 Å². The number of amides is 1. The predicted octanol–water partition coefficient (Wildman–Crippen LogP) is 6.17. The van der Waals surface area contributed by atoms with Crippen molar-refractivity contribution < 1.29 is 14.3 Å². The number of hydrogen-bond donors (Lipinski definition) is 1. The van der Waals surface area contributed by atoms with Gasteiger partial charge in [0.25, 0.3) is 0 Å². The zero-order valence-corrected chi connectivity index (χ0v) is 20.8. The Bertz CT molecular complexity index is 1510. The van der Waals surface area contributed by atoms with E-state index in [2.05, 4.69) is 26.0 Å². The fourth-order valence-corrected chi connectivity index (χ4v) is 4.95. The highest BCUT2D eigenvalue weighted by Crippen LogP contribution is 2.43. The Labute approximate surface area is 214 Å². The minimum absolute atomic E-state index is 0.0711. The van der Waals surface area contributed by atoms with Gasteiger partial charge in [0.1, 0.15) is 24.3 Å². The Kier molecular flexibility index (Phi) is 5.80. The number of ether oxygens (including phenoxy) is 2. The van der Waals surface area contributed by atoms with E-state index in [1.807, 2.05) is 49.4 Å². The summed E-state index contributed by atoms with van der Waals surface area (Å²) in [5.41, 5.74) is 4.04. The molecule has 188 valence electrons. The fourth-order valence-electron chi connectivity index (χ4n) is 4.95. The number of rotatable bonds is 7. The summed E-state index contributed by atoms with van der Waals surface area (Å²) in [4.78, 5) is 16.4. The first-order valence-corrected chi connectivity index (χ1v) is 12.7. The fraction of sp³-hybridized carbons (Fsp3) is 0.357. The van der Waals surface area contributed by atoms with Gasteiger partial charge in [-0.3, -0.25) is 5.32 Å². The highest BCUT2D eigenvalue weighted by molar-refractivity contribution is 5.96. The number of aryl methyl sites for hydroxylation is 1. The largest absolute Gasteiger partial charge is 0.446 e. The van der Waals surface area contributed by atoms with Crippen LogP contribution in [0.5, 0.6) is 11.8 Å². The third-order valence-electron chi connectivity index (χ3n) is 7.39. The van der Waals surface area contributed by atoms with Crippen LogP contribution in [-0.2, 0) is 11.8 Å². The lowest BCUT2D eigenvalue weighted by molar-refractivity contribution is 0.108. The van der Waals surface area contributed by atoms with Crippen LogP contribution in [0.1, 0.15) is 50.6 Å². The number of carbonyl (C=O) groups is 1. The van der Waals surface area contributed by atoms with E-state index < -0.39 is 6.09 Å². The van der Waals surface area contributed by atoms with Crippen molar-refractivity contribution in [2.45, 2.75) is 51.2 Å². The number of nitrogens with one attached hydrogen (secondary N) is 1. The quantitative estimate of drug-likeness (QED) is 0.328. The minimum atomic E-state index is -0.441. The number of nitriles is 1. The zero-order valence-electron chi connectivity index (χ0n) is 20.8. The highest BCUT2D eigenvalue weighted by Gasteiger charge is 2.31. The van der Waals surface area contributed by atoms with Gasteiger partial charge in [0, 0.05) is 30.2 Å². The van der Waals surface area contributed by atoms with Crippen molar-refractivity contribution >= 4 is 22.7 Å². The van der Waals surface area contributed by atoms with Gasteiger partial charge in [-0.2, -0.15) is 15.3 Å². The highest BCUT2D eigenvalue weighted by atomic mass is 16.6. The molecule has 0 spiro atoms. The molecular weight excluding hydrogens is 468 g/mol. The van der Waals surface area contributed by atoms with E-state index >= 15 is 0 Å². The summed E-state index contributed by atoms with van der Waals surface area (Å²) in [6, 6.07) is 16.5. The maximum Gasteiger partial charge on any atom is 0.411 e. The average Bonchev–Trinajstić information content (AvgIpc) is 3.57. The molecule has 1 amide bonds. The van der Waals surface area contributed by atoms with E-state index in [0.717, 1.165) is 54.3 Å². The van der Waals surface area contributed by atoms with Crippen molar-refractivity contribution in [1.82, 2.24) is 19.3 Å². The molecule has 1 N–H and O–H groups in total. The maximum atomic E-state index is 12.3. The smallest absolute Gasteiger partial charge is 0.411 e. The van der Waals surface area contributed by atoms with Gasteiger partial charge in [-0.15, -0.1) is 0 Å². The molecule has 37 heavy (non-hydrogen) atoms. The molecule has 2 saturated carbocycles. The van der Waals surface area contributed by atoms with E-state index in [1.165, 1.54) is 6.33 Å². The second kappa shape index (κ2) is 9.28. The van der Waals surface area contributed by atoms with Gasteiger partial charge < -0.3 is 14.0 Å². The van der Waals surface area contributed by atoms with Crippen LogP contribution < -0.4 is 10.1 Å². The topological polar surface area (TPSA) is 107 Å². The Hall–Kier alpha value is -4.32. The Morgan fingerprint density at radius 3 is 2.57 bits per heavy atom. The van der Waals surface area contributed by atoms with Crippen LogP contribution in [0.3, 0.4) is 0 Å². The van der Waals surface area contributed by atoms with E-state index in [-0.39, 0.29) is 6.10 Å². The summed E-state index contributed by atoms with van der Waals surface area (Å²) in [5, 5.41) is 18.0. The zero-order chi connectivity index (χ0) is 25.5. The number of fused-ring (bicyclic) bond motifs is 1. The van der Waals surface area contributed by atoms with Gasteiger partial charge in [0.15, 0.2) is 0 Å². The first kappa shape index (κ1) is 23.1. The minimum Gasteiger partial charge on any atom is -0.446 e. The SMILES string of the molecule is CC(OC(=O)Nc1ccc(-c2c(C#N)c3ccc(Oc4ncnn4C)cc3n2C2CCC2)cc1)C1CC1. The Balaban J connectivity index is 1.34. The number of hydrogen-bond acceptors (Lipinski definition) is 6. The first-order chi connectivity index (χ1) is 18.0. The molecule has 2 aliphatic carbocycles. The Morgan fingerprint density at radius 2 is 1.95 bits per heavy atom. The monoisotopic (exact) mass is 496 g/mol. The second-order valence-electron chi connectivity index (χ2n) is 9.89. The number of carbonyl (C=O) groups excluding carboxylic acids is 1. The molecule has 2 aromatic carbocycles. The summed E-state index contributed by atoms with van der Waals surface area (Å²) in [6.45, 7) is 1.94. The van der Waals surface area contributed by atoms with Gasteiger partial charge in [-0.25, -0.2) is 9.48 Å². The number of nitrogens with zero attached hydrogens (tertiary/aromatic N) is 5. The normalized spacial score (nSPS) is 16.1. The van der Waals surface area contributed by atoms with Gasteiger partial charge in [-0.1, -0.05) is 12.1 Å². The van der Waals surface area contributed by atoms with E-state index in [9.17, 15) is 10.1 Å². The van der Waals surface area contributed by atoms with Crippen molar-refractivity contribution in [2.75, 3.05) is 5.32 Å². The number of aromatic nitrogens is 4. The van der Waals surface area contributed by atoms with Crippen molar-refractivity contribution in [1.29, 1.82) is 5.26 Å². The summed E-state index contributed by atoms with van der Waals surface area (Å²) in [7, 11) is 1.77. The molecule has 9 nitrogen and oxygen atoms in total. The third-order valence-corrected chi connectivity index (χ3v) is 7.39. The van der Waals surface area contributed by atoms with Crippen LogP contribution in [0.4, 0.5) is 10.5 Å². The summed E-state index contributed by atoms with van der Waals surface area (Å²) < 4.78 is 15.3. The van der Waals surface area contributed by atoms with Gasteiger partial charge in [0.2, 0.25) is 0 Å². The molecule has 6 rings (SSSR count). The van der Waals surface area contributed by atoms with Gasteiger partial charge in [-0.05, 0) is 74.8 Å². The molecule has 1 atom stereocenters. The van der Waals surface area contributed by atoms with Crippen molar-refractivity contribution in [3.63, 3.8) is 0 Å². The second-order valence-corrected chi connectivity index (χ2v) is 9.89. The molecule has 2 aliphatic rings. The summed E-state index contributed by atoms with van der Waals surface area (Å²) in [6.07, 6.45) is 6.44. The molecule has 0 bridgehead atoms. The van der Waals surface area contributed by atoms with E-state index in [4.69, 9.17) is 9.47 Å². The lowest BCUT2D eigenvalue weighted by Gasteiger charge is -2.30. The molecular formula is C28H28N6O3. The predicted molar refractivity (Wildman–Crippen MR) is 138 cm³/mol. The van der Waals surface area contributed by atoms with Crippen molar-refractivity contribution in [2.24, 2.45) is 13.0 Å². The standard InChI is InChI=1S/C28H28N6O3/c1-17(18-6-7-18)36-28(35)32-20-10-8-19(9-11-20)26-24(15-29)23-13-12-22(37-27-30-16-31-33(27)2)14-25(23)34(26)21-4-3-5-21/h8-14,16-18,21H,3-7H2,1-2H3,(H,32,35). The maximum absolute atomic E-state index is 12.3. The molecule has 0 radical (unpaired) electrons. The molecule has 1 unspecified atom stereocenters. The lowest BCUT2D eigenvalue weighted by Crippen LogP contribution is -2.21. The third kappa shape index (κ3) is 4.40. The number of anilines is 1. The van der Waals surface area contributed by atoms with Crippen molar-refractivity contribution in [3.8, 4) is 29.1 Å². The van der Waals surface area contributed by atoms with E-state index in [0.29, 0.717) is 35.0 Å². The molecule has 9 heteroatoms. The van der Waals surface area contributed by atoms with Crippen molar-refractivity contribution in [3.05, 3.63) is 54.4 Å². The Morgan fingerprint density at radius 1 is 1.16 bits per heavy atom. The molecule has 2 heterocycles. The first-order valence-electron chi connectivity index (χ1n) is 12.7. The summed E-state index contributed by atoms with van der Waals surface area (Å²) in [5.74, 6) is 1.12. The van der Waals surface area contributed by atoms with Crippen LogP contribution in [0.2, 0.25) is 0 Å². The van der Waals surface area contributed by atoms with Crippen LogP contribution >= 0.6 is 0 Å². The van der Waals surface area contributed by atoms with Crippen LogP contribution in [-0.4, -0.2) is 31.5 Å². The molecule has 0 saturated heterocycles. The number of benzene rings is 2. The molecule has 2 aromatic heterocycles. The van der Waals surface area contributed by atoms with Gasteiger partial charge >= 0.3 is 12.1 Å². The van der Waals surface area contributed by atoms with Crippen LogP contribution in [0.15, 0.2) is 48.8 Å². The van der Waals surface area contributed by atoms with Crippen LogP contribution in [0.25, 0.3) is 22.2 Å². The average molecular weight is 497 g/mol. The molecule has 0 aliphatic heterocycles. The van der Waals surface area contributed by atoms with Crippen LogP contribution in [0, 0.1) is 17.2 Å². The van der Waals surface area contributed by atoms with Gasteiger partial charge in [0.05, 0.1) is 16.8 Å². The molecule has 4 aromatic rings. The molecule has 2 fully saturated rings. The lowest BCUT2D eigenvalue weighted by atomic mass is 9.92. The summed E-state index contributed by atoms with van der Waals surface area (Å²) >= 11 is 0.